The molecule has 108 valence electrons. The summed E-state index contributed by atoms with van der Waals surface area (Å²) in [6, 6.07) is 3.51. The van der Waals surface area contributed by atoms with Gasteiger partial charge in [0.15, 0.2) is 16.6 Å². The minimum atomic E-state index is -0.402. The van der Waals surface area contributed by atoms with Gasteiger partial charge in [0.1, 0.15) is 0 Å². The number of hydrogen-bond donors (Lipinski definition) is 2. The molecule has 1 aromatic carbocycles. The molecule has 0 aromatic heterocycles. The standard InChI is InChI=1S/C12H14IN3O3S/c1-3-18-10-5-8(6-15-16-12(14)20)4-9(13)11(10)19-7(2)17/h4-6H,3H2,1-2H3,(H3,14,16,20). The lowest BCUT2D eigenvalue weighted by Crippen LogP contribution is -2.24. The molecule has 0 atom stereocenters. The van der Waals surface area contributed by atoms with E-state index in [9.17, 15) is 4.79 Å². The van der Waals surface area contributed by atoms with E-state index in [1.165, 1.54) is 6.92 Å². The van der Waals surface area contributed by atoms with Crippen LogP contribution in [0.15, 0.2) is 17.2 Å². The third-order valence-electron chi connectivity index (χ3n) is 1.97. The quantitative estimate of drug-likeness (QED) is 0.193. The summed E-state index contributed by atoms with van der Waals surface area (Å²) in [4.78, 5) is 11.1. The van der Waals surface area contributed by atoms with Gasteiger partial charge in [0.25, 0.3) is 0 Å². The number of hydrogen-bond acceptors (Lipinski definition) is 5. The van der Waals surface area contributed by atoms with Crippen LogP contribution in [0.1, 0.15) is 19.4 Å². The average Bonchev–Trinajstić information content (AvgIpc) is 2.33. The molecule has 0 fully saturated rings. The van der Waals surface area contributed by atoms with Crippen LogP contribution in [-0.4, -0.2) is 23.9 Å². The Morgan fingerprint density at radius 2 is 2.30 bits per heavy atom. The van der Waals surface area contributed by atoms with Crippen LogP contribution in [-0.2, 0) is 4.79 Å². The van der Waals surface area contributed by atoms with Crippen molar-refractivity contribution >= 4 is 52.1 Å². The number of ether oxygens (including phenoxy) is 2. The lowest BCUT2D eigenvalue weighted by molar-refractivity contribution is -0.132. The number of carbonyl (C=O) groups excluding carboxylic acids is 1. The fourth-order valence-corrected chi connectivity index (χ4v) is 2.13. The maximum absolute atomic E-state index is 11.1. The van der Waals surface area contributed by atoms with Crippen LogP contribution < -0.4 is 20.6 Å². The smallest absolute Gasteiger partial charge is 0.308 e. The average molecular weight is 407 g/mol. The summed E-state index contributed by atoms with van der Waals surface area (Å²) in [5.41, 5.74) is 8.49. The van der Waals surface area contributed by atoms with Crippen molar-refractivity contribution in [1.82, 2.24) is 5.43 Å². The van der Waals surface area contributed by atoms with Crippen molar-refractivity contribution in [3.05, 3.63) is 21.3 Å². The summed E-state index contributed by atoms with van der Waals surface area (Å²) < 4.78 is 11.4. The largest absolute Gasteiger partial charge is 0.490 e. The van der Waals surface area contributed by atoms with E-state index in [-0.39, 0.29) is 5.11 Å². The Kier molecular flexibility index (Phi) is 6.65. The van der Waals surface area contributed by atoms with Crippen molar-refractivity contribution in [3.8, 4) is 11.5 Å². The second-order valence-corrected chi connectivity index (χ2v) is 5.19. The molecule has 1 rings (SSSR count). The van der Waals surface area contributed by atoms with Crippen molar-refractivity contribution < 1.29 is 14.3 Å². The number of halogens is 1. The predicted molar refractivity (Wildman–Crippen MR) is 89.2 cm³/mol. The molecule has 0 radical (unpaired) electrons. The molecule has 0 amide bonds. The summed E-state index contributed by atoms with van der Waals surface area (Å²) in [5.74, 6) is 0.478. The lowest BCUT2D eigenvalue weighted by atomic mass is 10.2. The van der Waals surface area contributed by atoms with Gasteiger partial charge in [-0.3, -0.25) is 10.2 Å². The zero-order valence-corrected chi connectivity index (χ0v) is 13.9. The van der Waals surface area contributed by atoms with E-state index in [0.29, 0.717) is 18.1 Å². The maximum Gasteiger partial charge on any atom is 0.308 e. The number of nitrogens with one attached hydrogen (secondary N) is 1. The monoisotopic (exact) mass is 407 g/mol. The summed E-state index contributed by atoms with van der Waals surface area (Å²) >= 11 is 6.70. The number of nitrogens with zero attached hydrogens (tertiary/aromatic N) is 1. The lowest BCUT2D eigenvalue weighted by Gasteiger charge is -2.12. The van der Waals surface area contributed by atoms with Crippen LogP contribution in [0, 0.1) is 3.57 Å². The fourth-order valence-electron chi connectivity index (χ4n) is 1.34. The number of benzene rings is 1. The Labute approximate surface area is 135 Å². The van der Waals surface area contributed by atoms with Crippen LogP contribution in [0.4, 0.5) is 0 Å². The summed E-state index contributed by atoms with van der Waals surface area (Å²) in [6.07, 6.45) is 1.54. The Bertz CT molecular complexity index is 549. The van der Waals surface area contributed by atoms with Gasteiger partial charge in [-0.05, 0) is 59.4 Å². The van der Waals surface area contributed by atoms with Crippen molar-refractivity contribution in [3.63, 3.8) is 0 Å². The van der Waals surface area contributed by atoms with Gasteiger partial charge in [-0.25, -0.2) is 0 Å². The van der Waals surface area contributed by atoms with Crippen molar-refractivity contribution in [2.75, 3.05) is 6.61 Å². The van der Waals surface area contributed by atoms with Crippen LogP contribution in [0.3, 0.4) is 0 Å². The molecule has 0 bridgehead atoms. The normalized spacial score (nSPS) is 10.3. The van der Waals surface area contributed by atoms with Gasteiger partial charge in [0, 0.05) is 6.92 Å². The van der Waals surface area contributed by atoms with Gasteiger partial charge in [-0.1, -0.05) is 0 Å². The Balaban J connectivity index is 3.08. The highest BCUT2D eigenvalue weighted by atomic mass is 127. The Morgan fingerprint density at radius 3 is 2.85 bits per heavy atom. The van der Waals surface area contributed by atoms with Gasteiger partial charge in [0.2, 0.25) is 0 Å². The first-order valence-corrected chi connectivity index (χ1v) is 7.16. The number of esters is 1. The van der Waals surface area contributed by atoms with Crippen LogP contribution >= 0.6 is 34.8 Å². The number of nitrogens with two attached hydrogens (primary N) is 1. The van der Waals surface area contributed by atoms with E-state index in [2.05, 4.69) is 45.3 Å². The fraction of sp³-hybridized carbons (Fsp3) is 0.250. The minimum absolute atomic E-state index is 0.0810. The molecule has 8 heteroatoms. The molecule has 0 unspecified atom stereocenters. The number of rotatable bonds is 5. The molecule has 3 N–H and O–H groups in total. The molecule has 1 aromatic rings. The molecular formula is C12H14IN3O3S. The second-order valence-electron chi connectivity index (χ2n) is 3.59. The highest BCUT2D eigenvalue weighted by molar-refractivity contribution is 14.1. The zero-order valence-electron chi connectivity index (χ0n) is 11.0. The molecule has 6 nitrogen and oxygen atoms in total. The topological polar surface area (TPSA) is 85.9 Å². The number of thiocarbonyl (C=S) groups is 1. The van der Waals surface area contributed by atoms with E-state index in [1.54, 1.807) is 18.3 Å². The predicted octanol–water partition coefficient (Wildman–Crippen LogP) is 1.78. The van der Waals surface area contributed by atoms with Crippen LogP contribution in [0.2, 0.25) is 0 Å². The molecule has 0 aliphatic carbocycles. The first-order chi connectivity index (χ1) is 9.43. The second kappa shape index (κ2) is 8.00. The van der Waals surface area contributed by atoms with Crippen LogP contribution in [0.25, 0.3) is 0 Å². The van der Waals surface area contributed by atoms with E-state index < -0.39 is 5.97 Å². The van der Waals surface area contributed by atoms with E-state index in [4.69, 9.17) is 15.2 Å². The summed E-state index contributed by atoms with van der Waals surface area (Å²) in [7, 11) is 0. The third-order valence-corrected chi connectivity index (χ3v) is 2.86. The number of carbonyl (C=O) groups is 1. The van der Waals surface area contributed by atoms with Gasteiger partial charge >= 0.3 is 5.97 Å². The van der Waals surface area contributed by atoms with Gasteiger partial charge in [-0.2, -0.15) is 5.10 Å². The minimum Gasteiger partial charge on any atom is -0.490 e. The van der Waals surface area contributed by atoms with Gasteiger partial charge < -0.3 is 15.2 Å². The Morgan fingerprint density at radius 1 is 1.60 bits per heavy atom. The zero-order chi connectivity index (χ0) is 15.1. The SMILES string of the molecule is CCOc1cc(C=NNC(N)=S)cc(I)c1OC(C)=O. The number of hydrazone groups is 1. The van der Waals surface area contributed by atoms with Gasteiger partial charge in [0.05, 0.1) is 16.4 Å². The highest BCUT2D eigenvalue weighted by Gasteiger charge is 2.13. The van der Waals surface area contributed by atoms with Crippen molar-refractivity contribution in [1.29, 1.82) is 0 Å². The van der Waals surface area contributed by atoms with E-state index in [0.717, 1.165) is 9.13 Å². The summed E-state index contributed by atoms with van der Waals surface area (Å²) in [5, 5.41) is 3.95. The maximum atomic E-state index is 11.1. The van der Waals surface area contributed by atoms with E-state index in [1.807, 2.05) is 6.92 Å². The molecule has 20 heavy (non-hydrogen) atoms. The molecule has 0 saturated heterocycles. The molecule has 0 spiro atoms. The molecular weight excluding hydrogens is 393 g/mol. The molecule has 0 aliphatic heterocycles. The molecule has 0 heterocycles. The van der Waals surface area contributed by atoms with Crippen molar-refractivity contribution in [2.45, 2.75) is 13.8 Å². The third kappa shape index (κ3) is 5.29. The molecule has 0 saturated carbocycles. The van der Waals surface area contributed by atoms with Crippen LogP contribution in [0.5, 0.6) is 11.5 Å². The summed E-state index contributed by atoms with van der Waals surface area (Å²) in [6.45, 7) is 3.64. The van der Waals surface area contributed by atoms with E-state index >= 15 is 0 Å². The molecule has 0 aliphatic rings. The first-order valence-electron chi connectivity index (χ1n) is 5.67. The van der Waals surface area contributed by atoms with Gasteiger partial charge in [-0.15, -0.1) is 0 Å². The highest BCUT2D eigenvalue weighted by Crippen LogP contribution is 2.34. The van der Waals surface area contributed by atoms with Crippen molar-refractivity contribution in [2.24, 2.45) is 10.8 Å². The first kappa shape index (κ1) is 16.6. The Hall–Kier alpha value is -1.42.